The van der Waals surface area contributed by atoms with E-state index in [1.807, 2.05) is 30.3 Å². The van der Waals surface area contributed by atoms with E-state index in [-0.39, 0.29) is 5.75 Å². The van der Waals surface area contributed by atoms with Crippen LogP contribution in [0.3, 0.4) is 0 Å². The summed E-state index contributed by atoms with van der Waals surface area (Å²) in [4.78, 5) is 0. The predicted molar refractivity (Wildman–Crippen MR) is 79.0 cm³/mol. The molecule has 0 saturated heterocycles. The van der Waals surface area contributed by atoms with Gasteiger partial charge in [-0.15, -0.1) is 0 Å². The topological polar surface area (TPSA) is 72.2 Å². The number of benzene rings is 1. The average molecular weight is 306 g/mol. The summed E-state index contributed by atoms with van der Waals surface area (Å²) in [5.41, 5.74) is 1.24. The number of sulfonamides is 1. The van der Waals surface area contributed by atoms with Crippen molar-refractivity contribution in [1.29, 1.82) is 0 Å². The summed E-state index contributed by atoms with van der Waals surface area (Å²) in [5.74, 6) is 0.185. The molecular weight excluding hydrogens is 288 g/mol. The van der Waals surface area contributed by atoms with Crippen molar-refractivity contribution in [2.75, 3.05) is 0 Å². The lowest BCUT2D eigenvalue weighted by molar-refractivity contribution is 0.224. The van der Waals surface area contributed by atoms with Crippen molar-refractivity contribution in [3.8, 4) is 0 Å². The highest BCUT2D eigenvalue weighted by Gasteiger charge is 2.41. The molecule has 0 aliphatic heterocycles. The molecule has 1 N–H and O–H groups in total. The Kier molecular flexibility index (Phi) is 3.59. The second-order valence-corrected chi connectivity index (χ2v) is 7.32. The Bertz CT molecular complexity index is 718. The molecule has 0 bridgehead atoms. The maximum Gasteiger partial charge on any atom is 0.219 e. The molecule has 0 unspecified atom stereocenters. The van der Waals surface area contributed by atoms with E-state index < -0.39 is 15.6 Å². The Labute approximate surface area is 124 Å². The van der Waals surface area contributed by atoms with Crippen LogP contribution in [0.2, 0.25) is 0 Å². The van der Waals surface area contributed by atoms with Gasteiger partial charge in [-0.25, -0.2) is 13.1 Å². The predicted octanol–water partition coefficient (Wildman–Crippen LogP) is 2.48. The quantitative estimate of drug-likeness (QED) is 0.921. The van der Waals surface area contributed by atoms with E-state index in [1.54, 1.807) is 13.0 Å². The molecule has 1 aromatic carbocycles. The van der Waals surface area contributed by atoms with E-state index in [1.165, 1.54) is 0 Å². The second-order valence-electron chi connectivity index (χ2n) is 5.60. The summed E-state index contributed by atoms with van der Waals surface area (Å²) >= 11 is 0. The number of aromatic nitrogens is 1. The third-order valence-corrected chi connectivity index (χ3v) is 5.26. The van der Waals surface area contributed by atoms with Gasteiger partial charge in [-0.05, 0) is 31.7 Å². The average Bonchev–Trinajstić information content (AvgIpc) is 2.79. The lowest BCUT2D eigenvalue weighted by Gasteiger charge is -2.42. The van der Waals surface area contributed by atoms with Crippen LogP contribution < -0.4 is 4.72 Å². The zero-order valence-electron chi connectivity index (χ0n) is 11.9. The van der Waals surface area contributed by atoms with Crippen LogP contribution >= 0.6 is 0 Å². The van der Waals surface area contributed by atoms with Crippen molar-refractivity contribution in [3.05, 3.63) is 53.4 Å². The molecule has 0 atom stereocenters. The van der Waals surface area contributed by atoms with Gasteiger partial charge in [0.05, 0.1) is 11.2 Å². The van der Waals surface area contributed by atoms with Gasteiger partial charge < -0.3 is 4.52 Å². The van der Waals surface area contributed by atoms with Gasteiger partial charge >= 0.3 is 0 Å². The van der Waals surface area contributed by atoms with Crippen molar-refractivity contribution in [3.63, 3.8) is 0 Å². The molecule has 0 spiro atoms. The Balaban J connectivity index is 1.80. The molecule has 21 heavy (non-hydrogen) atoms. The molecule has 5 nitrogen and oxygen atoms in total. The maximum atomic E-state index is 12.4. The fourth-order valence-electron chi connectivity index (χ4n) is 2.74. The molecule has 3 rings (SSSR count). The molecule has 1 aliphatic carbocycles. The highest BCUT2D eigenvalue weighted by atomic mass is 32.2. The molecule has 0 radical (unpaired) electrons. The first-order chi connectivity index (χ1) is 9.99. The summed E-state index contributed by atoms with van der Waals surface area (Å²) in [6.45, 7) is 1.77. The molecule has 2 aromatic rings. The van der Waals surface area contributed by atoms with Crippen LogP contribution in [0.5, 0.6) is 0 Å². The van der Waals surface area contributed by atoms with Crippen molar-refractivity contribution in [1.82, 2.24) is 9.88 Å². The zero-order chi connectivity index (χ0) is 14.9. The first-order valence-electron chi connectivity index (χ1n) is 6.99. The standard InChI is InChI=1S/C15H18N2O3S/c1-12-10-14(20-16-12)11-21(18,19)17-15(8-5-9-15)13-6-3-2-4-7-13/h2-4,6-7,10,17H,5,8-9,11H2,1H3. The third-order valence-electron chi connectivity index (χ3n) is 3.89. The van der Waals surface area contributed by atoms with E-state index in [0.29, 0.717) is 11.5 Å². The fraction of sp³-hybridized carbons (Fsp3) is 0.400. The Morgan fingerprint density at radius 2 is 2.00 bits per heavy atom. The Morgan fingerprint density at radius 1 is 1.29 bits per heavy atom. The second kappa shape index (κ2) is 5.27. The summed E-state index contributed by atoms with van der Waals surface area (Å²) in [7, 11) is -3.47. The number of nitrogens with one attached hydrogen (secondary N) is 1. The minimum absolute atomic E-state index is 0.178. The van der Waals surface area contributed by atoms with Gasteiger partial charge in [0.2, 0.25) is 10.0 Å². The highest BCUT2D eigenvalue weighted by Crippen LogP contribution is 2.41. The summed E-state index contributed by atoms with van der Waals surface area (Å²) in [5, 5.41) is 3.72. The molecule has 1 aliphatic rings. The van der Waals surface area contributed by atoms with Crippen LogP contribution in [0.25, 0.3) is 0 Å². The number of rotatable bonds is 5. The van der Waals surface area contributed by atoms with Gasteiger partial charge in [-0.3, -0.25) is 0 Å². The zero-order valence-corrected chi connectivity index (χ0v) is 12.7. The van der Waals surface area contributed by atoms with E-state index in [4.69, 9.17) is 4.52 Å². The van der Waals surface area contributed by atoms with Crippen LogP contribution in [0.4, 0.5) is 0 Å². The van der Waals surface area contributed by atoms with Gasteiger partial charge in [-0.2, -0.15) is 0 Å². The summed E-state index contributed by atoms with van der Waals surface area (Å²) in [6, 6.07) is 11.4. The molecule has 1 fully saturated rings. The van der Waals surface area contributed by atoms with Crippen LogP contribution in [-0.4, -0.2) is 13.6 Å². The van der Waals surface area contributed by atoms with Crippen LogP contribution in [0.15, 0.2) is 40.9 Å². The van der Waals surface area contributed by atoms with Crippen molar-refractivity contribution < 1.29 is 12.9 Å². The van der Waals surface area contributed by atoms with E-state index in [2.05, 4.69) is 9.88 Å². The molecule has 1 aromatic heterocycles. The van der Waals surface area contributed by atoms with Gasteiger partial charge in [0, 0.05) is 6.07 Å². The smallest absolute Gasteiger partial charge is 0.219 e. The van der Waals surface area contributed by atoms with Gasteiger partial charge in [-0.1, -0.05) is 35.5 Å². The van der Waals surface area contributed by atoms with Gasteiger partial charge in [0.25, 0.3) is 0 Å². The lowest BCUT2D eigenvalue weighted by atomic mass is 9.73. The monoisotopic (exact) mass is 306 g/mol. The molecule has 1 heterocycles. The maximum absolute atomic E-state index is 12.4. The van der Waals surface area contributed by atoms with Crippen LogP contribution in [-0.2, 0) is 21.3 Å². The highest BCUT2D eigenvalue weighted by molar-refractivity contribution is 7.88. The first-order valence-corrected chi connectivity index (χ1v) is 8.64. The number of hydrogen-bond donors (Lipinski definition) is 1. The minimum atomic E-state index is -3.47. The molecule has 1 saturated carbocycles. The minimum Gasteiger partial charge on any atom is -0.360 e. The summed E-state index contributed by atoms with van der Waals surface area (Å²) in [6.07, 6.45) is 2.68. The number of hydrogen-bond acceptors (Lipinski definition) is 4. The normalized spacial score (nSPS) is 17.4. The Hall–Kier alpha value is -1.66. The molecular formula is C15H18N2O3S. The number of aryl methyl sites for hydroxylation is 1. The SMILES string of the molecule is Cc1cc(CS(=O)(=O)NC2(c3ccccc3)CCC2)on1. The first kappa shape index (κ1) is 14.3. The van der Waals surface area contributed by atoms with Crippen molar-refractivity contribution in [2.45, 2.75) is 37.5 Å². The van der Waals surface area contributed by atoms with E-state index in [0.717, 1.165) is 24.8 Å². The van der Waals surface area contributed by atoms with Crippen LogP contribution in [0, 0.1) is 6.92 Å². The third kappa shape index (κ3) is 3.01. The molecule has 0 amide bonds. The van der Waals surface area contributed by atoms with Gasteiger partial charge in [0.15, 0.2) is 5.76 Å². The fourth-order valence-corrected chi connectivity index (χ4v) is 4.24. The molecule has 6 heteroatoms. The van der Waals surface area contributed by atoms with E-state index in [9.17, 15) is 8.42 Å². The molecule has 112 valence electrons. The lowest BCUT2D eigenvalue weighted by Crippen LogP contribution is -2.50. The van der Waals surface area contributed by atoms with Crippen molar-refractivity contribution >= 4 is 10.0 Å². The van der Waals surface area contributed by atoms with Crippen molar-refractivity contribution in [2.24, 2.45) is 0 Å². The largest absolute Gasteiger partial charge is 0.360 e. The summed E-state index contributed by atoms with van der Waals surface area (Å²) < 4.78 is 32.7. The number of nitrogens with zero attached hydrogens (tertiary/aromatic N) is 1. The van der Waals surface area contributed by atoms with Crippen LogP contribution in [0.1, 0.15) is 36.3 Å². The van der Waals surface area contributed by atoms with Gasteiger partial charge in [0.1, 0.15) is 5.75 Å². The Morgan fingerprint density at radius 3 is 2.52 bits per heavy atom. The van der Waals surface area contributed by atoms with E-state index >= 15 is 0 Å².